The van der Waals surface area contributed by atoms with Crippen LogP contribution in [0.1, 0.15) is 32.7 Å². The zero-order valence-corrected chi connectivity index (χ0v) is 17.2. The van der Waals surface area contributed by atoms with Crippen molar-refractivity contribution < 1.29 is 9.59 Å². The minimum absolute atomic E-state index is 0.0321. The van der Waals surface area contributed by atoms with E-state index in [1.165, 1.54) is 0 Å². The van der Waals surface area contributed by atoms with Crippen LogP contribution in [0.2, 0.25) is 0 Å². The van der Waals surface area contributed by atoms with Gasteiger partial charge in [-0.05, 0) is 46.9 Å². The molecular weight excluding hydrogens is 348 g/mol. The molecule has 0 radical (unpaired) electrons. The summed E-state index contributed by atoms with van der Waals surface area (Å²) in [6.45, 7) is 8.27. The van der Waals surface area contributed by atoms with Gasteiger partial charge in [0.25, 0.3) is 0 Å². The average Bonchev–Trinajstić information content (AvgIpc) is 2.93. The second kappa shape index (κ2) is 8.14. The first-order valence-corrected chi connectivity index (χ1v) is 9.49. The van der Waals surface area contributed by atoms with Crippen LogP contribution in [0, 0.1) is 0 Å². The van der Waals surface area contributed by atoms with Crippen molar-refractivity contribution in [2.75, 3.05) is 20.6 Å². The Kier molecular flexibility index (Phi) is 6.36. The Hall–Kier alpha value is -1.99. The fourth-order valence-corrected chi connectivity index (χ4v) is 3.62. The van der Waals surface area contributed by atoms with Crippen LogP contribution >= 0.6 is 11.3 Å². The average molecular weight is 377 g/mol. The largest absolute Gasteiger partial charge is 0.350 e. The molecule has 1 unspecified atom stereocenters. The highest BCUT2D eigenvalue weighted by Gasteiger charge is 2.25. The zero-order valence-electron chi connectivity index (χ0n) is 16.4. The molecule has 0 aliphatic heterocycles. The zero-order chi connectivity index (χ0) is 19.5. The SMILES string of the molecule is CC(C(=O)N(C)Cc1nc2ccccc2s1)N(C)CC(=O)NC(C)(C)C. The van der Waals surface area contributed by atoms with E-state index in [9.17, 15) is 9.59 Å². The molecule has 2 rings (SSSR count). The number of nitrogens with zero attached hydrogens (tertiary/aromatic N) is 3. The molecule has 1 atom stereocenters. The van der Waals surface area contributed by atoms with E-state index in [1.54, 1.807) is 35.2 Å². The number of rotatable bonds is 6. The van der Waals surface area contributed by atoms with Crippen LogP contribution in [-0.4, -0.2) is 58.8 Å². The molecule has 142 valence electrons. The van der Waals surface area contributed by atoms with Gasteiger partial charge >= 0.3 is 0 Å². The van der Waals surface area contributed by atoms with Gasteiger partial charge in [-0.15, -0.1) is 11.3 Å². The fraction of sp³-hybridized carbons (Fsp3) is 0.526. The van der Waals surface area contributed by atoms with Gasteiger partial charge in [0.2, 0.25) is 11.8 Å². The number of aromatic nitrogens is 1. The van der Waals surface area contributed by atoms with E-state index in [4.69, 9.17) is 0 Å². The minimum atomic E-state index is -0.389. The van der Waals surface area contributed by atoms with Crippen molar-refractivity contribution in [2.24, 2.45) is 0 Å². The highest BCUT2D eigenvalue weighted by atomic mass is 32.1. The number of benzene rings is 1. The molecule has 0 aliphatic rings. The van der Waals surface area contributed by atoms with Crippen molar-refractivity contribution >= 4 is 33.4 Å². The maximum atomic E-state index is 12.7. The maximum Gasteiger partial charge on any atom is 0.239 e. The second-order valence-corrected chi connectivity index (χ2v) is 8.77. The topological polar surface area (TPSA) is 65.5 Å². The molecular formula is C19H28N4O2S. The highest BCUT2D eigenvalue weighted by molar-refractivity contribution is 7.18. The number of hydrogen-bond donors (Lipinski definition) is 1. The fourth-order valence-electron chi connectivity index (χ4n) is 2.60. The van der Waals surface area contributed by atoms with Gasteiger partial charge in [0.05, 0.1) is 29.3 Å². The normalized spacial score (nSPS) is 13.0. The minimum Gasteiger partial charge on any atom is -0.350 e. The molecule has 0 saturated carbocycles. The summed E-state index contributed by atoms with van der Waals surface area (Å²) in [6, 6.07) is 7.56. The summed E-state index contributed by atoms with van der Waals surface area (Å²) >= 11 is 1.60. The van der Waals surface area contributed by atoms with E-state index in [-0.39, 0.29) is 29.9 Å². The van der Waals surface area contributed by atoms with E-state index in [0.29, 0.717) is 6.54 Å². The molecule has 1 aromatic carbocycles. The van der Waals surface area contributed by atoms with E-state index >= 15 is 0 Å². The first kappa shape index (κ1) is 20.3. The summed E-state index contributed by atoms with van der Waals surface area (Å²) in [6.07, 6.45) is 0. The third kappa shape index (κ3) is 5.51. The lowest BCUT2D eigenvalue weighted by molar-refractivity contribution is -0.136. The first-order chi connectivity index (χ1) is 12.1. The molecule has 2 amide bonds. The summed E-state index contributed by atoms with van der Waals surface area (Å²) in [7, 11) is 3.56. The molecule has 26 heavy (non-hydrogen) atoms. The number of para-hydroxylation sites is 1. The number of nitrogens with one attached hydrogen (secondary N) is 1. The Morgan fingerprint density at radius 2 is 1.88 bits per heavy atom. The Morgan fingerprint density at radius 1 is 1.23 bits per heavy atom. The molecule has 0 fully saturated rings. The molecule has 0 bridgehead atoms. The van der Waals surface area contributed by atoms with Gasteiger partial charge in [0.1, 0.15) is 5.01 Å². The molecule has 7 heteroatoms. The number of thiazole rings is 1. The van der Waals surface area contributed by atoms with Gasteiger partial charge in [-0.1, -0.05) is 12.1 Å². The van der Waals surface area contributed by atoms with Crippen LogP contribution in [0.4, 0.5) is 0 Å². The number of hydrogen-bond acceptors (Lipinski definition) is 5. The van der Waals surface area contributed by atoms with Crippen LogP contribution in [0.3, 0.4) is 0 Å². The molecule has 1 aromatic heterocycles. The molecule has 1 heterocycles. The van der Waals surface area contributed by atoms with Crippen molar-refractivity contribution in [2.45, 2.75) is 45.8 Å². The Balaban J connectivity index is 1.94. The van der Waals surface area contributed by atoms with E-state index in [0.717, 1.165) is 15.2 Å². The van der Waals surface area contributed by atoms with Crippen molar-refractivity contribution in [3.8, 4) is 0 Å². The van der Waals surface area contributed by atoms with Gasteiger partial charge < -0.3 is 10.2 Å². The molecule has 0 spiro atoms. The van der Waals surface area contributed by atoms with Crippen LogP contribution in [0.5, 0.6) is 0 Å². The number of likely N-dealkylation sites (N-methyl/N-ethyl adjacent to an activating group) is 2. The smallest absolute Gasteiger partial charge is 0.239 e. The summed E-state index contributed by atoms with van der Waals surface area (Å²) in [4.78, 5) is 32.8. The van der Waals surface area contributed by atoms with Crippen molar-refractivity contribution in [3.05, 3.63) is 29.3 Å². The van der Waals surface area contributed by atoms with Crippen LogP contribution < -0.4 is 5.32 Å². The van der Waals surface area contributed by atoms with Gasteiger partial charge in [0, 0.05) is 12.6 Å². The summed E-state index contributed by atoms with van der Waals surface area (Å²) in [5, 5.41) is 3.82. The summed E-state index contributed by atoms with van der Waals surface area (Å²) < 4.78 is 1.12. The predicted octanol–water partition coefficient (Wildman–Crippen LogP) is 2.49. The van der Waals surface area contributed by atoms with Crippen molar-refractivity contribution in [3.63, 3.8) is 0 Å². The maximum absolute atomic E-state index is 12.7. The van der Waals surface area contributed by atoms with Crippen LogP contribution in [0.25, 0.3) is 10.2 Å². The third-order valence-electron chi connectivity index (χ3n) is 4.01. The standard InChI is InChI=1S/C19H28N4O2S/c1-13(22(5)11-16(24)21-19(2,3)4)18(25)23(6)12-17-20-14-9-7-8-10-15(14)26-17/h7-10,13H,11-12H2,1-6H3,(H,21,24). The lowest BCUT2D eigenvalue weighted by Gasteiger charge is -2.29. The molecule has 0 saturated heterocycles. The highest BCUT2D eigenvalue weighted by Crippen LogP contribution is 2.22. The number of amides is 2. The Morgan fingerprint density at radius 3 is 2.50 bits per heavy atom. The summed E-state index contributed by atoms with van der Waals surface area (Å²) in [5.41, 5.74) is 0.673. The molecule has 0 aliphatic carbocycles. The van der Waals surface area contributed by atoms with E-state index in [1.807, 2.05) is 52.0 Å². The molecule has 2 aromatic rings. The lowest BCUT2D eigenvalue weighted by atomic mass is 10.1. The van der Waals surface area contributed by atoms with Gasteiger partial charge in [-0.25, -0.2) is 4.98 Å². The van der Waals surface area contributed by atoms with Gasteiger partial charge in [-0.2, -0.15) is 0 Å². The van der Waals surface area contributed by atoms with E-state index in [2.05, 4.69) is 10.3 Å². The van der Waals surface area contributed by atoms with Gasteiger partial charge in [-0.3, -0.25) is 14.5 Å². The quantitative estimate of drug-likeness (QED) is 0.841. The van der Waals surface area contributed by atoms with Crippen molar-refractivity contribution in [1.29, 1.82) is 0 Å². The van der Waals surface area contributed by atoms with Gasteiger partial charge in [0.15, 0.2) is 0 Å². The Bertz CT molecular complexity index is 748. The predicted molar refractivity (Wildman–Crippen MR) is 106 cm³/mol. The number of carbonyl (C=O) groups excluding carboxylic acids is 2. The summed E-state index contributed by atoms with van der Waals surface area (Å²) in [5.74, 6) is -0.121. The number of fused-ring (bicyclic) bond motifs is 1. The molecule has 1 N–H and O–H groups in total. The van der Waals surface area contributed by atoms with E-state index < -0.39 is 0 Å². The third-order valence-corrected chi connectivity index (χ3v) is 5.03. The monoisotopic (exact) mass is 376 g/mol. The lowest BCUT2D eigenvalue weighted by Crippen LogP contribution is -2.50. The number of carbonyl (C=O) groups is 2. The van der Waals surface area contributed by atoms with Crippen LogP contribution in [0.15, 0.2) is 24.3 Å². The van der Waals surface area contributed by atoms with Crippen LogP contribution in [-0.2, 0) is 16.1 Å². The molecule has 6 nitrogen and oxygen atoms in total. The Labute approximate surface area is 159 Å². The van der Waals surface area contributed by atoms with Crippen molar-refractivity contribution in [1.82, 2.24) is 20.1 Å². The second-order valence-electron chi connectivity index (χ2n) is 7.66. The first-order valence-electron chi connectivity index (χ1n) is 8.67.